The van der Waals surface area contributed by atoms with Crippen molar-refractivity contribution in [3.63, 3.8) is 0 Å². The van der Waals surface area contributed by atoms with Gasteiger partial charge >= 0.3 is 6.09 Å². The van der Waals surface area contributed by atoms with E-state index in [0.29, 0.717) is 13.0 Å². The first-order valence-corrected chi connectivity index (χ1v) is 11.0. The number of nitrogens with two attached hydrogens (primary N) is 1. The average molecular weight is 388 g/mol. The normalized spacial score (nSPS) is 13.2. The van der Waals surface area contributed by atoms with E-state index < -0.39 is 20.5 Å². The van der Waals surface area contributed by atoms with Crippen molar-refractivity contribution in [3.05, 3.63) is 60.7 Å². The number of primary amides is 1. The minimum absolute atomic E-state index is 0.121. The van der Waals surface area contributed by atoms with Crippen LogP contribution in [0.4, 0.5) is 4.79 Å². The quantitative estimate of drug-likeness (QED) is 0.682. The molecule has 27 heavy (non-hydrogen) atoms. The molecule has 0 aromatic heterocycles. The molecule has 2 aromatic carbocycles. The molecule has 3 N–H and O–H groups in total. The monoisotopic (exact) mass is 387 g/mol. The lowest BCUT2D eigenvalue weighted by Crippen LogP contribution is -2.66. The number of carbonyl (C=O) groups is 1. The summed E-state index contributed by atoms with van der Waals surface area (Å²) < 4.78 is 11.3. The summed E-state index contributed by atoms with van der Waals surface area (Å²) in [5.74, 6) is 0. The molecule has 2 rings (SSSR count). The number of ether oxygens (including phenoxy) is 1. The van der Waals surface area contributed by atoms with E-state index >= 15 is 0 Å². The van der Waals surface area contributed by atoms with Gasteiger partial charge in [0, 0.05) is 6.61 Å². The number of amides is 1. The summed E-state index contributed by atoms with van der Waals surface area (Å²) in [5.41, 5.74) is 4.95. The molecule has 0 saturated heterocycles. The van der Waals surface area contributed by atoms with E-state index in [-0.39, 0.29) is 11.6 Å². The van der Waals surface area contributed by atoms with Gasteiger partial charge in [0.2, 0.25) is 0 Å². The first-order valence-electron chi connectivity index (χ1n) is 9.12. The Hall–Kier alpha value is -2.15. The molecule has 146 valence electrons. The Labute approximate surface area is 162 Å². The van der Waals surface area contributed by atoms with Crippen molar-refractivity contribution < 1.29 is 19.1 Å². The highest BCUT2D eigenvalue weighted by Gasteiger charge is 2.50. The summed E-state index contributed by atoms with van der Waals surface area (Å²) in [6.45, 7) is 6.83. The van der Waals surface area contributed by atoms with Gasteiger partial charge in [-0.1, -0.05) is 81.4 Å². The van der Waals surface area contributed by atoms with Crippen LogP contribution in [0.25, 0.3) is 0 Å². The Morgan fingerprint density at radius 3 is 1.93 bits per heavy atom. The lowest BCUT2D eigenvalue weighted by Gasteiger charge is -2.43. The Bertz CT molecular complexity index is 676. The molecule has 0 radical (unpaired) electrons. The number of benzene rings is 2. The molecular formula is C21H29NO4Si. The third-order valence-corrected chi connectivity index (χ3v) is 9.65. The van der Waals surface area contributed by atoms with Gasteiger partial charge in [0.25, 0.3) is 8.32 Å². The number of hydrogen-bond donors (Lipinski definition) is 2. The first kappa shape index (κ1) is 21.2. The smallest absolute Gasteiger partial charge is 0.404 e. The van der Waals surface area contributed by atoms with E-state index in [0.717, 1.165) is 0 Å². The fraction of sp³-hybridized carbons (Fsp3) is 0.381. The van der Waals surface area contributed by atoms with E-state index in [9.17, 15) is 9.90 Å². The van der Waals surface area contributed by atoms with Crippen molar-refractivity contribution in [3.8, 4) is 0 Å². The fourth-order valence-corrected chi connectivity index (χ4v) is 7.95. The van der Waals surface area contributed by atoms with Crippen molar-refractivity contribution in [2.24, 2.45) is 5.73 Å². The first-order chi connectivity index (χ1) is 12.8. The van der Waals surface area contributed by atoms with E-state index in [4.69, 9.17) is 10.2 Å². The van der Waals surface area contributed by atoms with Crippen molar-refractivity contribution in [2.45, 2.75) is 38.3 Å². The van der Waals surface area contributed by atoms with E-state index in [2.05, 4.69) is 49.8 Å². The van der Waals surface area contributed by atoms with Gasteiger partial charge in [-0.3, -0.25) is 0 Å². The number of rotatable bonds is 8. The van der Waals surface area contributed by atoms with Crippen LogP contribution in [-0.2, 0) is 9.16 Å². The summed E-state index contributed by atoms with van der Waals surface area (Å²) in [6.07, 6.45) is -1.34. The molecule has 0 saturated carbocycles. The van der Waals surface area contributed by atoms with Crippen LogP contribution in [0.2, 0.25) is 5.04 Å². The van der Waals surface area contributed by atoms with Crippen LogP contribution in [0.1, 0.15) is 27.2 Å². The molecular weight excluding hydrogens is 358 g/mol. The summed E-state index contributed by atoms with van der Waals surface area (Å²) >= 11 is 0. The maximum Gasteiger partial charge on any atom is 0.404 e. The predicted octanol–water partition coefficient (Wildman–Crippen LogP) is 2.41. The van der Waals surface area contributed by atoms with Gasteiger partial charge in [-0.05, 0) is 21.8 Å². The van der Waals surface area contributed by atoms with Gasteiger partial charge in [-0.15, -0.1) is 0 Å². The second kappa shape index (κ2) is 9.17. The molecule has 1 amide bonds. The standard InChI is InChI=1S/C21H29NO4Si/c1-21(2,3)27(18-10-6-4-7-11-18,19-12-8-5-9-13-19)26-15-14-17(23)16-25-20(22)24/h4-13,17,23H,14-16H2,1-3H3,(H2,22,24). The molecule has 1 unspecified atom stereocenters. The van der Waals surface area contributed by atoms with E-state index in [1.54, 1.807) is 0 Å². The zero-order valence-corrected chi connectivity index (χ0v) is 17.2. The van der Waals surface area contributed by atoms with E-state index in [1.807, 2.05) is 36.4 Å². The highest BCUT2D eigenvalue weighted by molar-refractivity contribution is 6.99. The molecule has 0 aliphatic heterocycles. The maximum atomic E-state index is 10.7. The number of carbonyl (C=O) groups excluding carboxylic acids is 1. The van der Waals surface area contributed by atoms with Crippen LogP contribution in [-0.4, -0.2) is 38.8 Å². The van der Waals surface area contributed by atoms with Gasteiger partial charge in [-0.25, -0.2) is 4.79 Å². The molecule has 1 atom stereocenters. The van der Waals surface area contributed by atoms with E-state index in [1.165, 1.54) is 10.4 Å². The molecule has 0 spiro atoms. The number of aliphatic hydroxyl groups excluding tert-OH is 1. The van der Waals surface area contributed by atoms with Gasteiger partial charge in [0.15, 0.2) is 0 Å². The lowest BCUT2D eigenvalue weighted by atomic mass is 10.2. The number of aliphatic hydroxyl groups is 1. The van der Waals surface area contributed by atoms with Crippen molar-refractivity contribution in [1.82, 2.24) is 0 Å². The minimum Gasteiger partial charge on any atom is -0.447 e. The van der Waals surface area contributed by atoms with Gasteiger partial charge in [-0.2, -0.15) is 0 Å². The molecule has 0 aliphatic carbocycles. The van der Waals surface area contributed by atoms with Crippen LogP contribution >= 0.6 is 0 Å². The summed E-state index contributed by atoms with van der Waals surface area (Å²) in [5, 5.41) is 12.3. The third-order valence-electron chi connectivity index (χ3n) is 4.60. The van der Waals surface area contributed by atoms with Crippen molar-refractivity contribution in [1.29, 1.82) is 0 Å². The lowest BCUT2D eigenvalue weighted by molar-refractivity contribution is 0.0581. The minimum atomic E-state index is -2.60. The Morgan fingerprint density at radius 1 is 1.04 bits per heavy atom. The van der Waals surface area contributed by atoms with Gasteiger partial charge < -0.3 is 20.0 Å². The Kier molecular flexibility index (Phi) is 7.18. The zero-order chi connectivity index (χ0) is 19.9. The molecule has 5 nitrogen and oxygen atoms in total. The molecule has 2 aromatic rings. The van der Waals surface area contributed by atoms with Crippen LogP contribution in [0.5, 0.6) is 0 Å². The molecule has 0 fully saturated rings. The van der Waals surface area contributed by atoms with Gasteiger partial charge in [0.1, 0.15) is 6.61 Å². The van der Waals surface area contributed by atoms with Crippen molar-refractivity contribution in [2.75, 3.05) is 13.2 Å². The topological polar surface area (TPSA) is 81.8 Å². The summed E-state index contributed by atoms with van der Waals surface area (Å²) in [7, 11) is -2.60. The van der Waals surface area contributed by atoms with Crippen LogP contribution in [0.15, 0.2) is 60.7 Å². The highest BCUT2D eigenvalue weighted by Crippen LogP contribution is 2.36. The average Bonchev–Trinajstić information content (AvgIpc) is 2.64. The second-order valence-corrected chi connectivity index (χ2v) is 11.9. The Morgan fingerprint density at radius 2 is 1.52 bits per heavy atom. The fourth-order valence-electron chi connectivity index (χ4n) is 3.37. The summed E-state index contributed by atoms with van der Waals surface area (Å²) in [4.78, 5) is 10.7. The maximum absolute atomic E-state index is 10.7. The molecule has 0 aliphatic rings. The van der Waals surface area contributed by atoms with Crippen molar-refractivity contribution >= 4 is 24.8 Å². The predicted molar refractivity (Wildman–Crippen MR) is 110 cm³/mol. The molecule has 0 heterocycles. The Balaban J connectivity index is 2.31. The molecule has 6 heteroatoms. The summed E-state index contributed by atoms with van der Waals surface area (Å²) in [6, 6.07) is 20.6. The SMILES string of the molecule is CC(C)(C)[Si](OCCC(O)COC(N)=O)(c1ccccc1)c1ccccc1. The highest BCUT2D eigenvalue weighted by atomic mass is 28.4. The third kappa shape index (κ3) is 5.19. The van der Waals surface area contributed by atoms with Crippen LogP contribution in [0.3, 0.4) is 0 Å². The van der Waals surface area contributed by atoms with Crippen LogP contribution in [0, 0.1) is 0 Å². The number of hydrogen-bond acceptors (Lipinski definition) is 4. The van der Waals surface area contributed by atoms with Gasteiger partial charge in [0.05, 0.1) is 6.10 Å². The molecule has 0 bridgehead atoms. The zero-order valence-electron chi connectivity index (χ0n) is 16.2. The second-order valence-electron chi connectivity index (χ2n) is 7.58. The largest absolute Gasteiger partial charge is 0.447 e. The van der Waals surface area contributed by atoms with Crippen LogP contribution < -0.4 is 16.1 Å².